The van der Waals surface area contributed by atoms with E-state index >= 15 is 0 Å². The van der Waals surface area contributed by atoms with E-state index in [-0.39, 0.29) is 0 Å². The van der Waals surface area contributed by atoms with Gasteiger partial charge in [0.25, 0.3) is 5.56 Å². The average molecular weight is 290 g/mol. The molecule has 0 bridgehead atoms. The van der Waals surface area contributed by atoms with Gasteiger partial charge < -0.3 is 4.98 Å². The molecule has 0 spiro atoms. The molecule has 0 unspecified atom stereocenters. The Hall–Kier alpha value is -2.11. The van der Waals surface area contributed by atoms with Gasteiger partial charge in [0.05, 0.1) is 0 Å². The highest BCUT2D eigenvalue weighted by Gasteiger charge is 2.10. The molecule has 2 aromatic heterocycles. The average Bonchev–Trinajstić information content (AvgIpc) is 2.89. The minimum atomic E-state index is -0.437. The van der Waals surface area contributed by atoms with Crippen molar-refractivity contribution in [2.45, 2.75) is 44.9 Å². The molecule has 0 saturated heterocycles. The molecule has 0 aliphatic carbocycles. The molecular formula is C15H22N4O2. The van der Waals surface area contributed by atoms with Crippen LogP contribution in [0.1, 0.15) is 44.3 Å². The summed E-state index contributed by atoms with van der Waals surface area (Å²) in [4.78, 5) is 32.8. The number of hydrogen-bond donors (Lipinski definition) is 2. The Balaban J connectivity index is 1.93. The van der Waals surface area contributed by atoms with E-state index in [4.69, 9.17) is 0 Å². The number of aromatic nitrogens is 4. The van der Waals surface area contributed by atoms with Gasteiger partial charge in [0.2, 0.25) is 0 Å². The maximum absolute atomic E-state index is 11.7. The SMILES string of the molecule is C=CCCCCCCCc1nc2c([nH]1)c(=O)[nH]c(=O)n2C. The van der Waals surface area contributed by atoms with E-state index in [0.29, 0.717) is 11.2 Å². The third-order valence-electron chi connectivity index (χ3n) is 3.63. The largest absolute Gasteiger partial charge is 0.336 e. The number of allylic oxidation sites excluding steroid dienone is 1. The molecule has 2 rings (SSSR count). The number of hydrogen-bond acceptors (Lipinski definition) is 3. The van der Waals surface area contributed by atoms with Crippen LogP contribution >= 0.6 is 0 Å². The van der Waals surface area contributed by atoms with Gasteiger partial charge >= 0.3 is 5.69 Å². The number of fused-ring (bicyclic) bond motifs is 1. The van der Waals surface area contributed by atoms with Gasteiger partial charge in [0, 0.05) is 13.5 Å². The van der Waals surface area contributed by atoms with Crippen molar-refractivity contribution < 1.29 is 0 Å². The normalized spacial score (nSPS) is 11.1. The molecule has 6 nitrogen and oxygen atoms in total. The Bertz CT molecular complexity index is 723. The summed E-state index contributed by atoms with van der Waals surface area (Å²) in [5.74, 6) is 0.766. The van der Waals surface area contributed by atoms with E-state index in [1.807, 2.05) is 6.08 Å². The van der Waals surface area contributed by atoms with Crippen LogP contribution in [0.2, 0.25) is 0 Å². The first-order valence-electron chi connectivity index (χ1n) is 7.42. The molecule has 0 aromatic carbocycles. The van der Waals surface area contributed by atoms with Gasteiger partial charge in [-0.15, -0.1) is 6.58 Å². The van der Waals surface area contributed by atoms with Gasteiger partial charge in [-0.2, -0.15) is 0 Å². The lowest BCUT2D eigenvalue weighted by molar-refractivity contribution is 0.612. The maximum atomic E-state index is 11.7. The van der Waals surface area contributed by atoms with Gasteiger partial charge in [-0.05, 0) is 19.3 Å². The van der Waals surface area contributed by atoms with Crippen LogP contribution in [-0.2, 0) is 13.5 Å². The molecule has 0 aliphatic heterocycles. The van der Waals surface area contributed by atoms with Crippen molar-refractivity contribution in [3.05, 3.63) is 39.3 Å². The van der Waals surface area contributed by atoms with E-state index in [9.17, 15) is 9.59 Å². The first-order valence-corrected chi connectivity index (χ1v) is 7.42. The van der Waals surface area contributed by atoms with Crippen LogP contribution in [0, 0.1) is 0 Å². The lowest BCUT2D eigenvalue weighted by Gasteiger charge is -1.99. The van der Waals surface area contributed by atoms with Crippen LogP contribution in [-0.4, -0.2) is 19.5 Å². The highest BCUT2D eigenvalue weighted by molar-refractivity contribution is 5.69. The summed E-state index contributed by atoms with van der Waals surface area (Å²) in [6.45, 7) is 3.71. The van der Waals surface area contributed by atoms with Crippen molar-refractivity contribution in [1.29, 1.82) is 0 Å². The smallest absolute Gasteiger partial charge is 0.329 e. The Morgan fingerprint density at radius 2 is 1.86 bits per heavy atom. The third-order valence-corrected chi connectivity index (χ3v) is 3.63. The monoisotopic (exact) mass is 290 g/mol. The Morgan fingerprint density at radius 1 is 1.14 bits per heavy atom. The van der Waals surface area contributed by atoms with E-state index in [1.54, 1.807) is 7.05 Å². The molecule has 114 valence electrons. The van der Waals surface area contributed by atoms with Crippen LogP contribution in [0.3, 0.4) is 0 Å². The molecule has 2 heterocycles. The van der Waals surface area contributed by atoms with Gasteiger partial charge in [-0.1, -0.05) is 25.3 Å². The van der Waals surface area contributed by atoms with E-state index in [1.165, 1.54) is 23.8 Å². The first-order chi connectivity index (χ1) is 10.1. The number of rotatable bonds is 8. The summed E-state index contributed by atoms with van der Waals surface area (Å²) in [6.07, 6.45) is 9.63. The second kappa shape index (κ2) is 7.06. The standard InChI is InChI=1S/C15H22N4O2/c1-3-4-5-6-7-8-9-10-11-16-12-13(17-11)19(2)15(21)18-14(12)20/h3H,1,4-10H2,2H3,(H,16,17)(H,18,20,21). The predicted octanol–water partition coefficient (Wildman–Crippen LogP) is 2.02. The molecule has 0 aliphatic rings. The zero-order valence-electron chi connectivity index (χ0n) is 12.4. The van der Waals surface area contributed by atoms with E-state index < -0.39 is 11.2 Å². The highest BCUT2D eigenvalue weighted by Crippen LogP contribution is 2.10. The number of aromatic amines is 2. The Labute approximate surface area is 122 Å². The first kappa shape index (κ1) is 15.3. The molecule has 6 heteroatoms. The van der Waals surface area contributed by atoms with Crippen LogP contribution in [0.5, 0.6) is 0 Å². The van der Waals surface area contributed by atoms with Gasteiger partial charge in [-0.25, -0.2) is 9.78 Å². The van der Waals surface area contributed by atoms with Crippen molar-refractivity contribution in [3.63, 3.8) is 0 Å². The van der Waals surface area contributed by atoms with Crippen molar-refractivity contribution in [1.82, 2.24) is 19.5 Å². The summed E-state index contributed by atoms with van der Waals surface area (Å²) in [6, 6.07) is 0. The van der Waals surface area contributed by atoms with Crippen LogP contribution in [0.4, 0.5) is 0 Å². The predicted molar refractivity (Wildman–Crippen MR) is 83.6 cm³/mol. The maximum Gasteiger partial charge on any atom is 0.329 e. The van der Waals surface area contributed by atoms with Crippen LogP contribution in [0.15, 0.2) is 22.2 Å². The number of imidazole rings is 1. The molecule has 0 fully saturated rings. The summed E-state index contributed by atoms with van der Waals surface area (Å²) in [5, 5.41) is 0. The van der Waals surface area contributed by atoms with Crippen molar-refractivity contribution >= 4 is 11.2 Å². The number of nitrogens with one attached hydrogen (secondary N) is 2. The number of unbranched alkanes of at least 4 members (excludes halogenated alkanes) is 5. The quantitative estimate of drug-likeness (QED) is 0.576. The minimum Gasteiger partial charge on any atom is -0.336 e. The number of H-pyrrole nitrogens is 2. The Kier molecular flexibility index (Phi) is 5.14. The summed E-state index contributed by atoms with van der Waals surface area (Å²) in [5.41, 5.74) is -0.0492. The third kappa shape index (κ3) is 3.71. The lowest BCUT2D eigenvalue weighted by Crippen LogP contribution is -2.28. The second-order valence-electron chi connectivity index (χ2n) is 5.30. The second-order valence-corrected chi connectivity index (χ2v) is 5.30. The van der Waals surface area contributed by atoms with Crippen molar-refractivity contribution in [2.75, 3.05) is 0 Å². The number of aryl methyl sites for hydroxylation is 2. The fourth-order valence-electron chi connectivity index (χ4n) is 2.38. The topological polar surface area (TPSA) is 83.5 Å². The molecule has 21 heavy (non-hydrogen) atoms. The summed E-state index contributed by atoms with van der Waals surface area (Å²) in [7, 11) is 1.60. The molecule has 2 aromatic rings. The zero-order chi connectivity index (χ0) is 15.2. The van der Waals surface area contributed by atoms with Crippen LogP contribution < -0.4 is 11.2 Å². The summed E-state index contributed by atoms with van der Waals surface area (Å²) < 4.78 is 1.35. The van der Waals surface area contributed by atoms with Crippen molar-refractivity contribution in [2.24, 2.45) is 7.05 Å². The fraction of sp³-hybridized carbons (Fsp3) is 0.533. The molecule has 0 saturated carbocycles. The van der Waals surface area contributed by atoms with E-state index in [2.05, 4.69) is 21.5 Å². The summed E-state index contributed by atoms with van der Waals surface area (Å²) >= 11 is 0. The van der Waals surface area contributed by atoms with Crippen molar-refractivity contribution in [3.8, 4) is 0 Å². The van der Waals surface area contributed by atoms with E-state index in [0.717, 1.165) is 31.5 Å². The fourth-order valence-corrected chi connectivity index (χ4v) is 2.38. The Morgan fingerprint density at radius 3 is 2.62 bits per heavy atom. The van der Waals surface area contributed by atoms with Gasteiger partial charge in [0.1, 0.15) is 11.3 Å². The van der Waals surface area contributed by atoms with Crippen LogP contribution in [0.25, 0.3) is 11.2 Å². The molecule has 0 radical (unpaired) electrons. The van der Waals surface area contributed by atoms with Gasteiger partial charge in [-0.3, -0.25) is 14.3 Å². The number of nitrogens with zero attached hydrogens (tertiary/aromatic N) is 2. The lowest BCUT2D eigenvalue weighted by atomic mass is 10.1. The van der Waals surface area contributed by atoms with Gasteiger partial charge in [0.15, 0.2) is 5.65 Å². The zero-order valence-corrected chi connectivity index (χ0v) is 12.4. The molecule has 0 amide bonds. The highest BCUT2D eigenvalue weighted by atomic mass is 16.2. The minimum absolute atomic E-state index is 0.373. The molecular weight excluding hydrogens is 268 g/mol. The molecule has 0 atom stereocenters. The molecule has 2 N–H and O–H groups in total.